The molecule has 0 bridgehead atoms. The molecule has 0 aliphatic rings. The van der Waals surface area contributed by atoms with Gasteiger partial charge in [0.1, 0.15) is 6.54 Å². The first-order valence-corrected chi connectivity index (χ1v) is 9.51. The molecule has 0 spiro atoms. The van der Waals surface area contributed by atoms with E-state index in [4.69, 9.17) is 0 Å². The van der Waals surface area contributed by atoms with E-state index in [-0.39, 0.29) is 23.9 Å². The van der Waals surface area contributed by atoms with Crippen molar-refractivity contribution in [2.24, 2.45) is 0 Å². The summed E-state index contributed by atoms with van der Waals surface area (Å²) in [5, 5.41) is 3.41. The van der Waals surface area contributed by atoms with Gasteiger partial charge in [-0.1, -0.05) is 26.2 Å². The van der Waals surface area contributed by atoms with E-state index in [1.54, 1.807) is 4.90 Å². The van der Waals surface area contributed by atoms with Gasteiger partial charge in [0.25, 0.3) is 0 Å². The molecule has 0 radical (unpaired) electrons. The summed E-state index contributed by atoms with van der Waals surface area (Å²) in [4.78, 5) is 31.9. The Hall–Kier alpha value is -1.43. The number of carbonyl (C=O) groups is 2. The first-order chi connectivity index (χ1) is 11.1. The van der Waals surface area contributed by atoms with Gasteiger partial charge in [-0.25, -0.2) is 4.98 Å². The van der Waals surface area contributed by atoms with Crippen molar-refractivity contribution >= 4 is 28.3 Å². The van der Waals surface area contributed by atoms with Crippen molar-refractivity contribution in [3.63, 3.8) is 0 Å². The maximum atomic E-state index is 12.5. The molecule has 0 fully saturated rings. The fourth-order valence-electron chi connectivity index (χ4n) is 2.37. The van der Waals surface area contributed by atoms with Gasteiger partial charge in [-0.05, 0) is 41.0 Å². The van der Waals surface area contributed by atoms with Crippen molar-refractivity contribution in [3.05, 3.63) is 10.6 Å². The highest BCUT2D eigenvalue weighted by Crippen LogP contribution is 2.22. The van der Waals surface area contributed by atoms with Gasteiger partial charge in [-0.3, -0.25) is 9.59 Å². The first kappa shape index (κ1) is 20.6. The zero-order chi connectivity index (χ0) is 18.3. The summed E-state index contributed by atoms with van der Waals surface area (Å²) in [6.07, 6.45) is 4.73. The lowest BCUT2D eigenvalue weighted by molar-refractivity contribution is -0.139. The molecule has 2 amide bonds. The van der Waals surface area contributed by atoms with Gasteiger partial charge in [0, 0.05) is 16.8 Å². The molecule has 1 aromatic heterocycles. The maximum Gasteiger partial charge on any atom is 0.245 e. The largest absolute Gasteiger partial charge is 0.329 e. The van der Waals surface area contributed by atoms with Gasteiger partial charge < -0.3 is 10.2 Å². The molecule has 1 rings (SSSR count). The fraction of sp³-hybridized carbons (Fsp3) is 0.722. The van der Waals surface area contributed by atoms with Gasteiger partial charge in [0.05, 0.1) is 5.69 Å². The van der Waals surface area contributed by atoms with Crippen LogP contribution in [0.3, 0.4) is 0 Å². The van der Waals surface area contributed by atoms with Crippen LogP contribution < -0.4 is 5.32 Å². The second-order valence-electron chi connectivity index (χ2n) is 7.17. The molecule has 5 nitrogen and oxygen atoms in total. The predicted octanol–water partition coefficient (Wildman–Crippen LogP) is 4.30. The minimum atomic E-state index is -0.381. The normalized spacial score (nSPS) is 11.4. The molecule has 0 atom stereocenters. The Kier molecular flexibility index (Phi) is 7.87. The van der Waals surface area contributed by atoms with E-state index in [9.17, 15) is 9.59 Å². The third-order valence-electron chi connectivity index (χ3n) is 3.93. The predicted molar refractivity (Wildman–Crippen MR) is 100 cm³/mol. The third kappa shape index (κ3) is 6.59. The number of anilines is 1. The number of thiazole rings is 1. The van der Waals surface area contributed by atoms with E-state index in [2.05, 4.69) is 17.2 Å². The molecular weight excluding hydrogens is 322 g/mol. The summed E-state index contributed by atoms with van der Waals surface area (Å²) >= 11 is 1.46. The Balaban J connectivity index is 2.64. The van der Waals surface area contributed by atoms with Crippen LogP contribution in [0.15, 0.2) is 0 Å². The van der Waals surface area contributed by atoms with Crippen LogP contribution in [0.5, 0.6) is 0 Å². The molecule has 0 aromatic carbocycles. The molecule has 136 valence electrons. The number of aryl methyl sites for hydroxylation is 2. The third-order valence-corrected chi connectivity index (χ3v) is 4.92. The number of hydrogen-bond donors (Lipinski definition) is 1. The highest BCUT2D eigenvalue weighted by atomic mass is 32.1. The van der Waals surface area contributed by atoms with Gasteiger partial charge in [0.15, 0.2) is 5.13 Å². The van der Waals surface area contributed by atoms with E-state index < -0.39 is 0 Å². The van der Waals surface area contributed by atoms with Crippen LogP contribution in [0.2, 0.25) is 0 Å². The highest BCUT2D eigenvalue weighted by Gasteiger charge is 2.28. The summed E-state index contributed by atoms with van der Waals surface area (Å²) in [6, 6.07) is 0. The number of rotatable bonds is 8. The lowest BCUT2D eigenvalue weighted by Gasteiger charge is -2.35. The molecule has 1 heterocycles. The zero-order valence-corrected chi connectivity index (χ0v) is 16.7. The lowest BCUT2D eigenvalue weighted by atomic mass is 10.0. The average Bonchev–Trinajstić information content (AvgIpc) is 2.77. The summed E-state index contributed by atoms with van der Waals surface area (Å²) in [5.74, 6) is -0.152. The van der Waals surface area contributed by atoms with Crippen LogP contribution in [-0.4, -0.2) is 33.8 Å². The van der Waals surface area contributed by atoms with E-state index >= 15 is 0 Å². The number of unbranched alkanes of at least 4 members (excludes halogenated alkanes) is 3. The Morgan fingerprint density at radius 3 is 2.33 bits per heavy atom. The van der Waals surface area contributed by atoms with Crippen molar-refractivity contribution in [1.82, 2.24) is 9.88 Å². The molecule has 6 heteroatoms. The standard InChI is InChI=1S/C18H31N3O2S/c1-7-8-9-10-11-16(23)21(18(4,5)6)12-15(22)20-17-19-13(2)14(3)24-17/h7-12H2,1-6H3,(H,19,20,22). The number of aromatic nitrogens is 1. The Bertz CT molecular complexity index is 542. The van der Waals surface area contributed by atoms with Crippen LogP contribution >= 0.6 is 11.3 Å². The highest BCUT2D eigenvalue weighted by molar-refractivity contribution is 7.15. The molecule has 0 aliphatic heterocycles. The number of hydrogen-bond acceptors (Lipinski definition) is 4. The van der Waals surface area contributed by atoms with E-state index in [0.29, 0.717) is 11.6 Å². The van der Waals surface area contributed by atoms with Gasteiger partial charge in [-0.15, -0.1) is 11.3 Å². The molecule has 0 saturated heterocycles. The number of nitrogens with zero attached hydrogens (tertiary/aromatic N) is 2. The summed E-state index contributed by atoms with van der Waals surface area (Å²) < 4.78 is 0. The van der Waals surface area contributed by atoms with Crippen molar-refractivity contribution < 1.29 is 9.59 Å². The van der Waals surface area contributed by atoms with Gasteiger partial charge in [-0.2, -0.15) is 0 Å². The fourth-order valence-corrected chi connectivity index (χ4v) is 3.20. The van der Waals surface area contributed by atoms with E-state index in [1.807, 2.05) is 34.6 Å². The Morgan fingerprint density at radius 1 is 1.17 bits per heavy atom. The first-order valence-electron chi connectivity index (χ1n) is 8.69. The second-order valence-corrected chi connectivity index (χ2v) is 8.37. The molecule has 24 heavy (non-hydrogen) atoms. The molecule has 0 unspecified atom stereocenters. The van der Waals surface area contributed by atoms with Crippen molar-refractivity contribution in [2.45, 2.75) is 79.2 Å². The average molecular weight is 354 g/mol. The van der Waals surface area contributed by atoms with Gasteiger partial charge >= 0.3 is 0 Å². The van der Waals surface area contributed by atoms with Crippen LogP contribution in [-0.2, 0) is 9.59 Å². The maximum absolute atomic E-state index is 12.5. The minimum absolute atomic E-state index is 0.0419. The van der Waals surface area contributed by atoms with Crippen molar-refractivity contribution in [2.75, 3.05) is 11.9 Å². The van der Waals surface area contributed by atoms with Crippen LogP contribution in [0, 0.1) is 13.8 Å². The van der Waals surface area contributed by atoms with E-state index in [1.165, 1.54) is 11.3 Å². The molecule has 1 aromatic rings. The Morgan fingerprint density at radius 2 is 1.83 bits per heavy atom. The van der Waals surface area contributed by atoms with Crippen LogP contribution in [0.4, 0.5) is 5.13 Å². The monoisotopic (exact) mass is 353 g/mol. The van der Waals surface area contributed by atoms with Gasteiger partial charge in [0.2, 0.25) is 11.8 Å². The Labute approximate surface area is 149 Å². The second kappa shape index (κ2) is 9.16. The SMILES string of the molecule is CCCCCCC(=O)N(CC(=O)Nc1nc(C)c(C)s1)C(C)(C)C. The van der Waals surface area contributed by atoms with E-state index in [0.717, 1.165) is 36.3 Å². The summed E-state index contributed by atoms with van der Waals surface area (Å²) in [5.41, 5.74) is 0.545. The van der Waals surface area contributed by atoms with Crippen molar-refractivity contribution in [1.29, 1.82) is 0 Å². The summed E-state index contributed by atoms with van der Waals surface area (Å²) in [6.45, 7) is 12.0. The minimum Gasteiger partial charge on any atom is -0.329 e. The smallest absolute Gasteiger partial charge is 0.245 e. The number of carbonyl (C=O) groups excluding carboxylic acids is 2. The molecule has 0 saturated carbocycles. The van der Waals surface area contributed by atoms with Crippen molar-refractivity contribution in [3.8, 4) is 0 Å². The lowest BCUT2D eigenvalue weighted by Crippen LogP contribution is -2.49. The number of amides is 2. The zero-order valence-electron chi connectivity index (χ0n) is 15.9. The molecule has 1 N–H and O–H groups in total. The summed E-state index contributed by atoms with van der Waals surface area (Å²) in [7, 11) is 0. The topological polar surface area (TPSA) is 62.3 Å². The van der Waals surface area contributed by atoms with Crippen LogP contribution in [0.1, 0.15) is 70.4 Å². The molecular formula is C18H31N3O2S. The quantitative estimate of drug-likeness (QED) is 0.709. The number of nitrogens with one attached hydrogen (secondary N) is 1. The van der Waals surface area contributed by atoms with Crippen LogP contribution in [0.25, 0.3) is 0 Å². The molecule has 0 aliphatic carbocycles.